The van der Waals surface area contributed by atoms with Gasteiger partial charge in [-0.2, -0.15) is 0 Å². The number of para-hydroxylation sites is 1. The van der Waals surface area contributed by atoms with Gasteiger partial charge in [0.1, 0.15) is 22.1 Å². The molecule has 2 heterocycles. The number of ether oxygens (including phenoxy) is 2. The number of anilines is 2. The van der Waals surface area contributed by atoms with Crippen LogP contribution in [0.25, 0.3) is 11.6 Å². The second kappa shape index (κ2) is 8.42. The molecule has 2 N–H and O–H groups in total. The number of aromatic hydroxyl groups is 1. The predicted molar refractivity (Wildman–Crippen MR) is 121 cm³/mol. The summed E-state index contributed by atoms with van der Waals surface area (Å²) in [6.45, 7) is 1.94. The van der Waals surface area contributed by atoms with Gasteiger partial charge in [0.2, 0.25) is 0 Å². The number of carbonyl (C=O) groups is 1. The standard InChI is InChI=1S/C23H20N2O4S/c1-3-29-23(27)20-21(26)19(12-14-13-24-18-7-5-4-6-17(14)18)30-22(20)25-15-8-10-16(28-2)11-9-15/h4-13,25-26H,3H2,1-2H3/b14-12+. The molecule has 0 atom stereocenters. The number of allylic oxidation sites excluding steroid dienone is 1. The van der Waals surface area contributed by atoms with Gasteiger partial charge in [-0.15, -0.1) is 11.3 Å². The number of hydrogen-bond acceptors (Lipinski definition) is 7. The summed E-state index contributed by atoms with van der Waals surface area (Å²) >= 11 is 1.28. The number of carbonyl (C=O) groups excluding carboxylic acids is 1. The molecule has 4 rings (SSSR count). The smallest absolute Gasteiger partial charge is 0.344 e. The molecule has 7 heteroatoms. The van der Waals surface area contributed by atoms with E-state index in [1.54, 1.807) is 20.2 Å². The van der Waals surface area contributed by atoms with Gasteiger partial charge in [-0.1, -0.05) is 18.2 Å². The first-order chi connectivity index (χ1) is 14.6. The lowest BCUT2D eigenvalue weighted by atomic mass is 10.1. The zero-order chi connectivity index (χ0) is 21.1. The molecular weight excluding hydrogens is 400 g/mol. The van der Waals surface area contributed by atoms with E-state index in [-0.39, 0.29) is 17.9 Å². The summed E-state index contributed by atoms with van der Waals surface area (Å²) in [5.41, 5.74) is 3.60. The van der Waals surface area contributed by atoms with Gasteiger partial charge in [-0.3, -0.25) is 4.99 Å². The van der Waals surface area contributed by atoms with Crippen LogP contribution in [0.15, 0.2) is 53.5 Å². The lowest BCUT2D eigenvalue weighted by molar-refractivity contribution is 0.0525. The van der Waals surface area contributed by atoms with Crippen LogP contribution in [0.1, 0.15) is 27.7 Å². The lowest BCUT2D eigenvalue weighted by Gasteiger charge is -2.08. The Labute approximate surface area is 178 Å². The van der Waals surface area contributed by atoms with Crippen molar-refractivity contribution < 1.29 is 19.4 Å². The van der Waals surface area contributed by atoms with Crippen molar-refractivity contribution in [2.45, 2.75) is 6.92 Å². The molecule has 0 spiro atoms. The third-order valence-electron chi connectivity index (χ3n) is 4.58. The highest BCUT2D eigenvalue weighted by molar-refractivity contribution is 7.18. The third kappa shape index (κ3) is 3.79. The van der Waals surface area contributed by atoms with Crippen LogP contribution < -0.4 is 10.1 Å². The zero-order valence-electron chi connectivity index (χ0n) is 16.5. The number of benzene rings is 2. The molecule has 0 unspecified atom stereocenters. The molecule has 0 amide bonds. The van der Waals surface area contributed by atoms with Gasteiger partial charge in [-0.25, -0.2) is 4.79 Å². The first-order valence-corrected chi connectivity index (χ1v) is 10.2. The molecule has 1 aliphatic rings. The number of nitrogens with one attached hydrogen (secondary N) is 1. The van der Waals surface area contributed by atoms with Crippen molar-refractivity contribution in [2.75, 3.05) is 19.0 Å². The fourth-order valence-electron chi connectivity index (χ4n) is 3.12. The summed E-state index contributed by atoms with van der Waals surface area (Å²) in [5, 5.41) is 14.5. The van der Waals surface area contributed by atoms with E-state index < -0.39 is 5.97 Å². The van der Waals surface area contributed by atoms with Gasteiger partial charge < -0.3 is 19.9 Å². The highest BCUT2D eigenvalue weighted by Crippen LogP contribution is 2.43. The molecule has 0 saturated heterocycles. The Morgan fingerprint density at radius 1 is 1.20 bits per heavy atom. The number of hydrogen-bond donors (Lipinski definition) is 2. The third-order valence-corrected chi connectivity index (χ3v) is 5.62. The van der Waals surface area contributed by atoms with Crippen molar-refractivity contribution in [3.05, 3.63) is 64.5 Å². The van der Waals surface area contributed by atoms with Gasteiger partial charge in [0, 0.05) is 23.0 Å². The topological polar surface area (TPSA) is 80.2 Å². The molecule has 30 heavy (non-hydrogen) atoms. The second-order valence-electron chi connectivity index (χ2n) is 6.47. The van der Waals surface area contributed by atoms with Crippen LogP contribution in [-0.2, 0) is 4.74 Å². The van der Waals surface area contributed by atoms with E-state index in [0.717, 1.165) is 28.3 Å². The van der Waals surface area contributed by atoms with E-state index in [2.05, 4.69) is 10.3 Å². The van der Waals surface area contributed by atoms with Crippen molar-refractivity contribution in [1.29, 1.82) is 0 Å². The van der Waals surface area contributed by atoms with Crippen LogP contribution in [-0.4, -0.2) is 31.0 Å². The molecule has 0 bridgehead atoms. The van der Waals surface area contributed by atoms with E-state index >= 15 is 0 Å². The van der Waals surface area contributed by atoms with Crippen molar-refractivity contribution in [3.63, 3.8) is 0 Å². The molecular formula is C23H20N2O4S. The fourth-order valence-corrected chi connectivity index (χ4v) is 4.17. The van der Waals surface area contributed by atoms with Crippen LogP contribution >= 0.6 is 11.3 Å². The maximum absolute atomic E-state index is 12.5. The minimum Gasteiger partial charge on any atom is -0.505 e. The van der Waals surface area contributed by atoms with Crippen molar-refractivity contribution in [1.82, 2.24) is 0 Å². The zero-order valence-corrected chi connectivity index (χ0v) is 17.3. The minimum atomic E-state index is -0.576. The summed E-state index contributed by atoms with van der Waals surface area (Å²) in [7, 11) is 1.60. The number of rotatable bonds is 6. The van der Waals surface area contributed by atoms with Gasteiger partial charge in [0.25, 0.3) is 0 Å². The SMILES string of the molecule is CCOC(=O)c1c(Nc2ccc(OC)cc2)sc(/C=C2\C=Nc3ccccc32)c1O. The van der Waals surface area contributed by atoms with Crippen LogP contribution in [0.3, 0.4) is 0 Å². The van der Waals surface area contributed by atoms with E-state index in [1.165, 1.54) is 11.3 Å². The first kappa shape index (κ1) is 19.7. The molecule has 1 aliphatic heterocycles. The monoisotopic (exact) mass is 420 g/mol. The Balaban J connectivity index is 1.73. The average Bonchev–Trinajstić information content (AvgIpc) is 3.30. The highest BCUT2D eigenvalue weighted by atomic mass is 32.1. The summed E-state index contributed by atoms with van der Waals surface area (Å²) in [5.74, 6) is 0.0388. The molecule has 0 fully saturated rings. The maximum atomic E-state index is 12.5. The fraction of sp³-hybridized carbons (Fsp3) is 0.130. The average molecular weight is 420 g/mol. The number of fused-ring (bicyclic) bond motifs is 1. The van der Waals surface area contributed by atoms with Gasteiger partial charge >= 0.3 is 5.97 Å². The lowest BCUT2D eigenvalue weighted by Crippen LogP contribution is -2.06. The summed E-state index contributed by atoms with van der Waals surface area (Å²) < 4.78 is 10.3. The first-order valence-electron chi connectivity index (χ1n) is 9.39. The number of esters is 1. The Hall–Kier alpha value is -3.58. The molecule has 152 valence electrons. The van der Waals surface area contributed by atoms with Crippen LogP contribution in [0.4, 0.5) is 16.4 Å². The van der Waals surface area contributed by atoms with Crippen molar-refractivity contribution >= 4 is 51.5 Å². The van der Waals surface area contributed by atoms with Gasteiger partial charge in [-0.05, 0) is 43.3 Å². The number of methoxy groups -OCH3 is 1. The summed E-state index contributed by atoms with van der Waals surface area (Å²) in [6.07, 6.45) is 3.59. The van der Waals surface area contributed by atoms with Crippen LogP contribution in [0.2, 0.25) is 0 Å². The highest BCUT2D eigenvalue weighted by Gasteiger charge is 2.25. The van der Waals surface area contributed by atoms with Gasteiger partial charge in [0.15, 0.2) is 0 Å². The Bertz CT molecular complexity index is 1150. The van der Waals surface area contributed by atoms with E-state index in [1.807, 2.05) is 54.6 Å². The quantitative estimate of drug-likeness (QED) is 0.505. The number of nitrogens with zero attached hydrogens (tertiary/aromatic N) is 1. The van der Waals surface area contributed by atoms with E-state index in [0.29, 0.717) is 9.88 Å². The molecule has 6 nitrogen and oxygen atoms in total. The molecule has 0 saturated carbocycles. The Morgan fingerprint density at radius 3 is 2.70 bits per heavy atom. The Morgan fingerprint density at radius 2 is 1.97 bits per heavy atom. The summed E-state index contributed by atoms with van der Waals surface area (Å²) in [4.78, 5) is 17.5. The molecule has 0 radical (unpaired) electrons. The van der Waals surface area contributed by atoms with Crippen molar-refractivity contribution in [2.24, 2.45) is 4.99 Å². The number of aliphatic imine (C=N–C) groups is 1. The molecule has 2 aromatic carbocycles. The van der Waals surface area contributed by atoms with Crippen LogP contribution in [0.5, 0.6) is 11.5 Å². The summed E-state index contributed by atoms with van der Waals surface area (Å²) in [6, 6.07) is 15.1. The van der Waals surface area contributed by atoms with Gasteiger partial charge in [0.05, 0.1) is 24.3 Å². The van der Waals surface area contributed by atoms with Crippen molar-refractivity contribution in [3.8, 4) is 11.5 Å². The molecule has 0 aliphatic carbocycles. The second-order valence-corrected chi connectivity index (χ2v) is 7.52. The maximum Gasteiger partial charge on any atom is 0.344 e. The normalized spacial score (nSPS) is 13.3. The predicted octanol–water partition coefficient (Wildman–Crippen LogP) is 5.64. The minimum absolute atomic E-state index is 0.111. The van der Waals surface area contributed by atoms with Crippen LogP contribution in [0, 0.1) is 0 Å². The molecule has 3 aromatic rings. The largest absolute Gasteiger partial charge is 0.505 e. The Kier molecular flexibility index (Phi) is 5.54. The van der Waals surface area contributed by atoms with E-state index in [9.17, 15) is 9.90 Å². The molecule has 1 aromatic heterocycles. The number of thiophene rings is 1. The van der Waals surface area contributed by atoms with E-state index in [4.69, 9.17) is 9.47 Å².